The molecule has 0 N–H and O–H groups in total. The lowest BCUT2D eigenvalue weighted by Crippen LogP contribution is -2.33. The van der Waals surface area contributed by atoms with Crippen molar-refractivity contribution in [3.63, 3.8) is 0 Å². The summed E-state index contributed by atoms with van der Waals surface area (Å²) in [6.45, 7) is 7.09. The molecule has 0 aliphatic rings. The van der Waals surface area contributed by atoms with Gasteiger partial charge in [-0.05, 0) is 6.42 Å². The quantitative estimate of drug-likeness (QED) is 0.376. The van der Waals surface area contributed by atoms with Crippen LogP contribution in [-0.4, -0.2) is 14.7 Å². The highest BCUT2D eigenvalue weighted by Crippen LogP contribution is 2.31. The van der Waals surface area contributed by atoms with Crippen molar-refractivity contribution in [3.8, 4) is 0 Å². The largest absolute Gasteiger partial charge is 0.237 e. The molecule has 0 saturated heterocycles. The molecule has 0 bridgehead atoms. The van der Waals surface area contributed by atoms with E-state index >= 15 is 0 Å². The van der Waals surface area contributed by atoms with Gasteiger partial charge >= 0.3 is 0 Å². The van der Waals surface area contributed by atoms with E-state index in [1.165, 1.54) is 49.9 Å². The fourth-order valence-corrected chi connectivity index (χ4v) is 8.63. The Hall–Kier alpha value is 0.177. The molecule has 1 nitrogen and oxygen atoms in total. The van der Waals surface area contributed by atoms with Gasteiger partial charge in [0.15, 0.2) is 0 Å². The minimum Gasteiger partial charge on any atom is -0.237 e. The minimum absolute atomic E-state index is 0.134. The maximum atomic E-state index is 10.5. The molecule has 0 aliphatic heterocycles. The van der Waals surface area contributed by atoms with E-state index in [-0.39, 0.29) is 6.61 Å². The molecular weight excluding hydrogens is 200 g/mol. The van der Waals surface area contributed by atoms with E-state index in [1.54, 1.807) is 0 Å². The predicted molar refractivity (Wildman–Crippen MR) is 70.6 cm³/mol. The second kappa shape index (κ2) is 9.41. The molecule has 0 aliphatic carbocycles. The normalized spacial score (nSPS) is 12.0. The first kappa shape index (κ1) is 15.2. The van der Waals surface area contributed by atoms with Crippen LogP contribution >= 0.6 is 0 Å². The Labute approximate surface area is 97.3 Å². The lowest BCUT2D eigenvalue weighted by atomic mass is 10.4. The zero-order valence-electron chi connectivity index (χ0n) is 11.0. The van der Waals surface area contributed by atoms with Crippen molar-refractivity contribution in [2.75, 3.05) is 6.61 Å². The van der Waals surface area contributed by atoms with Gasteiger partial charge in [-0.15, -0.1) is 0 Å². The fraction of sp³-hybridized carbons (Fsp3) is 1.00. The summed E-state index contributed by atoms with van der Waals surface area (Å²) in [5, 5.41) is 10.5. The van der Waals surface area contributed by atoms with Gasteiger partial charge in [-0.3, -0.25) is 0 Å². The molecule has 0 unspecified atom stereocenters. The molecule has 0 saturated carbocycles. The predicted octanol–water partition coefficient (Wildman–Crippen LogP) is 4.88. The third kappa shape index (κ3) is 6.36. The van der Waals surface area contributed by atoms with Crippen molar-refractivity contribution in [2.24, 2.45) is 0 Å². The van der Waals surface area contributed by atoms with Crippen molar-refractivity contribution >= 4 is 8.07 Å². The Bertz CT molecular complexity index is 119. The highest BCUT2D eigenvalue weighted by atomic mass is 28.3. The van der Waals surface area contributed by atoms with Crippen LogP contribution in [0.5, 0.6) is 0 Å². The summed E-state index contributed by atoms with van der Waals surface area (Å²) in [5.74, 6) is 0. The van der Waals surface area contributed by atoms with Gasteiger partial charge in [-0.25, -0.2) is 5.11 Å². The monoisotopic (exact) mass is 229 g/mol. The molecule has 91 valence electrons. The number of rotatable bonds is 10. The zero-order valence-corrected chi connectivity index (χ0v) is 12.0. The van der Waals surface area contributed by atoms with Crippen LogP contribution < -0.4 is 0 Å². The number of hydrogen-bond donors (Lipinski definition) is 0. The molecule has 15 heavy (non-hydrogen) atoms. The lowest BCUT2D eigenvalue weighted by molar-refractivity contribution is 0.188. The first-order valence-electron chi connectivity index (χ1n) is 6.82. The topological polar surface area (TPSA) is 19.9 Å². The number of unbranched alkanes of at least 4 members (excludes halogenated alkanes) is 1. The van der Waals surface area contributed by atoms with Crippen LogP contribution in [0.4, 0.5) is 0 Å². The summed E-state index contributed by atoms with van der Waals surface area (Å²) >= 11 is 0. The molecule has 1 radical (unpaired) electrons. The van der Waals surface area contributed by atoms with E-state index in [0.717, 1.165) is 6.42 Å². The summed E-state index contributed by atoms with van der Waals surface area (Å²) in [7, 11) is -0.972. The van der Waals surface area contributed by atoms with Gasteiger partial charge < -0.3 is 0 Å². The molecular formula is C13H29OSi. The van der Waals surface area contributed by atoms with Crippen molar-refractivity contribution in [2.45, 2.75) is 77.1 Å². The second-order valence-corrected chi connectivity index (χ2v) is 9.91. The Morgan fingerprint density at radius 2 is 1.20 bits per heavy atom. The summed E-state index contributed by atoms with van der Waals surface area (Å²) in [5.41, 5.74) is 0. The van der Waals surface area contributed by atoms with E-state index in [1.807, 2.05) is 0 Å². The third-order valence-corrected chi connectivity index (χ3v) is 9.54. The fourth-order valence-electron chi connectivity index (χ4n) is 2.94. The molecule has 0 aromatic rings. The minimum atomic E-state index is -0.972. The first-order chi connectivity index (χ1) is 7.24. The summed E-state index contributed by atoms with van der Waals surface area (Å²) in [6, 6.07) is 5.90. The van der Waals surface area contributed by atoms with Crippen LogP contribution in [0.3, 0.4) is 0 Å². The Kier molecular flexibility index (Phi) is 9.52. The lowest BCUT2D eigenvalue weighted by Gasteiger charge is -2.31. The highest BCUT2D eigenvalue weighted by Gasteiger charge is 2.28. The van der Waals surface area contributed by atoms with Crippen LogP contribution in [0, 0.1) is 0 Å². The van der Waals surface area contributed by atoms with Gasteiger partial charge in [0, 0.05) is 0 Å². The standard InChI is InChI=1S/C13H29OSi/c1-4-10-15(11-5-2,12-6-3)13-8-7-9-14/h4-13H2,1-3H3. The maximum absolute atomic E-state index is 10.5. The van der Waals surface area contributed by atoms with Crippen LogP contribution in [0.1, 0.15) is 52.9 Å². The van der Waals surface area contributed by atoms with Crippen molar-refractivity contribution in [3.05, 3.63) is 0 Å². The Balaban J connectivity index is 4.18. The molecule has 0 heterocycles. The van der Waals surface area contributed by atoms with Crippen LogP contribution in [-0.2, 0) is 5.11 Å². The Morgan fingerprint density at radius 1 is 0.733 bits per heavy atom. The number of hydrogen-bond acceptors (Lipinski definition) is 0. The second-order valence-electron chi connectivity index (χ2n) is 4.91. The zero-order chi connectivity index (χ0) is 11.6. The highest BCUT2D eigenvalue weighted by molar-refractivity contribution is 6.79. The van der Waals surface area contributed by atoms with Gasteiger partial charge in [0.25, 0.3) is 0 Å². The van der Waals surface area contributed by atoms with E-state index < -0.39 is 8.07 Å². The van der Waals surface area contributed by atoms with Gasteiger partial charge in [0.2, 0.25) is 0 Å². The molecule has 2 heteroatoms. The van der Waals surface area contributed by atoms with Crippen molar-refractivity contribution < 1.29 is 5.11 Å². The average Bonchev–Trinajstić information content (AvgIpc) is 2.19. The van der Waals surface area contributed by atoms with E-state index in [0.29, 0.717) is 0 Å². The van der Waals surface area contributed by atoms with Gasteiger partial charge in [-0.1, -0.05) is 70.6 Å². The summed E-state index contributed by atoms with van der Waals surface area (Å²) in [4.78, 5) is 0. The van der Waals surface area contributed by atoms with Crippen LogP contribution in [0.2, 0.25) is 24.2 Å². The summed E-state index contributed by atoms with van der Waals surface area (Å²) in [6.07, 6.45) is 6.17. The van der Waals surface area contributed by atoms with E-state index in [2.05, 4.69) is 20.8 Å². The SMILES string of the molecule is CCC[Si](CCC)(CCC)CCCC[O]. The molecule has 0 aromatic heterocycles. The smallest absolute Gasteiger partial charge is 0.0822 e. The van der Waals surface area contributed by atoms with Crippen LogP contribution in [0.25, 0.3) is 0 Å². The third-order valence-electron chi connectivity index (χ3n) is 3.44. The molecule has 0 rings (SSSR count). The van der Waals surface area contributed by atoms with Crippen molar-refractivity contribution in [1.82, 2.24) is 0 Å². The average molecular weight is 229 g/mol. The van der Waals surface area contributed by atoms with Crippen molar-refractivity contribution in [1.29, 1.82) is 0 Å². The van der Waals surface area contributed by atoms with E-state index in [4.69, 9.17) is 0 Å². The van der Waals surface area contributed by atoms with Gasteiger partial charge in [0.05, 0.1) is 14.7 Å². The van der Waals surface area contributed by atoms with Crippen LogP contribution in [0.15, 0.2) is 0 Å². The maximum Gasteiger partial charge on any atom is 0.0822 e. The molecule has 0 atom stereocenters. The molecule has 0 fully saturated rings. The van der Waals surface area contributed by atoms with Gasteiger partial charge in [-0.2, -0.15) is 0 Å². The van der Waals surface area contributed by atoms with E-state index in [9.17, 15) is 5.11 Å². The first-order valence-corrected chi connectivity index (χ1v) is 9.65. The molecule has 0 amide bonds. The Morgan fingerprint density at radius 3 is 1.53 bits per heavy atom. The molecule has 0 aromatic carbocycles. The summed E-state index contributed by atoms with van der Waals surface area (Å²) < 4.78 is 0. The van der Waals surface area contributed by atoms with Gasteiger partial charge in [0.1, 0.15) is 0 Å². The molecule has 0 spiro atoms.